The summed E-state index contributed by atoms with van der Waals surface area (Å²) >= 11 is 0. The fourth-order valence-corrected chi connectivity index (χ4v) is 1.31. The Kier molecular flexibility index (Phi) is 3.46. The molecule has 1 heterocycles. The van der Waals surface area contributed by atoms with E-state index in [-0.39, 0.29) is 5.91 Å². The van der Waals surface area contributed by atoms with Gasteiger partial charge in [0.1, 0.15) is 0 Å². The molecule has 0 radical (unpaired) electrons. The lowest BCUT2D eigenvalue weighted by molar-refractivity contribution is -0.155. The molecule has 0 N–H and O–H groups in total. The first-order valence-corrected chi connectivity index (χ1v) is 4.71. The minimum Gasteiger partial charge on any atom is -0.336 e. The molecule has 1 fully saturated rings. The first kappa shape index (κ1) is 11.0. The maximum atomic E-state index is 11.5. The van der Waals surface area contributed by atoms with E-state index in [1.807, 2.05) is 19.0 Å². The summed E-state index contributed by atoms with van der Waals surface area (Å²) in [7, 11) is 5.55. The van der Waals surface area contributed by atoms with Crippen LogP contribution < -0.4 is 0 Å². The molecular weight excluding hydrogens is 182 g/mol. The molecule has 80 valence electrons. The van der Waals surface area contributed by atoms with Gasteiger partial charge in [0.15, 0.2) is 0 Å². The topological polar surface area (TPSA) is 43.9 Å². The van der Waals surface area contributed by atoms with Gasteiger partial charge >= 0.3 is 11.8 Å². The molecule has 14 heavy (non-hydrogen) atoms. The van der Waals surface area contributed by atoms with Crippen molar-refractivity contribution in [1.82, 2.24) is 14.7 Å². The van der Waals surface area contributed by atoms with Crippen LogP contribution in [0.5, 0.6) is 0 Å². The Labute approximate surface area is 84.3 Å². The van der Waals surface area contributed by atoms with Crippen molar-refractivity contribution in [2.45, 2.75) is 0 Å². The van der Waals surface area contributed by atoms with Crippen molar-refractivity contribution in [2.24, 2.45) is 0 Å². The van der Waals surface area contributed by atoms with Crippen LogP contribution in [0.3, 0.4) is 0 Å². The van der Waals surface area contributed by atoms with Crippen LogP contribution in [0.15, 0.2) is 0 Å². The number of carbonyl (C=O) groups excluding carboxylic acids is 2. The molecule has 5 nitrogen and oxygen atoms in total. The van der Waals surface area contributed by atoms with Gasteiger partial charge in [-0.2, -0.15) is 0 Å². The van der Waals surface area contributed by atoms with E-state index in [0.29, 0.717) is 19.6 Å². The number of hydrogen-bond donors (Lipinski definition) is 0. The molecule has 0 aromatic rings. The van der Waals surface area contributed by atoms with Gasteiger partial charge in [-0.05, 0) is 14.1 Å². The van der Waals surface area contributed by atoms with E-state index in [4.69, 9.17) is 0 Å². The van der Waals surface area contributed by atoms with Crippen LogP contribution in [0, 0.1) is 0 Å². The molecule has 0 aromatic carbocycles. The highest BCUT2D eigenvalue weighted by Crippen LogP contribution is 2.02. The molecule has 0 unspecified atom stereocenters. The summed E-state index contributed by atoms with van der Waals surface area (Å²) < 4.78 is 0. The maximum absolute atomic E-state index is 11.5. The average Bonchev–Trinajstić information content (AvgIpc) is 2.13. The zero-order valence-electron chi connectivity index (χ0n) is 8.99. The molecule has 0 saturated carbocycles. The van der Waals surface area contributed by atoms with E-state index < -0.39 is 5.91 Å². The highest BCUT2D eigenvalue weighted by atomic mass is 16.2. The fourth-order valence-electron chi connectivity index (χ4n) is 1.31. The second-order valence-corrected chi connectivity index (χ2v) is 3.82. The smallest absolute Gasteiger partial charge is 0.312 e. The number of rotatable bonds is 3. The Morgan fingerprint density at radius 1 is 1.21 bits per heavy atom. The Balaban J connectivity index is 2.47. The van der Waals surface area contributed by atoms with Crippen LogP contribution in [0.4, 0.5) is 0 Å². The molecule has 0 aromatic heterocycles. The lowest BCUT2D eigenvalue weighted by atomic mass is 10.3. The van der Waals surface area contributed by atoms with Crippen LogP contribution in [0.25, 0.3) is 0 Å². The van der Waals surface area contributed by atoms with Gasteiger partial charge < -0.3 is 14.7 Å². The SMILES string of the molecule is CN(C)CCN1CCN(C)C(=O)C1=O. The van der Waals surface area contributed by atoms with Gasteiger partial charge in [-0.15, -0.1) is 0 Å². The summed E-state index contributed by atoms with van der Waals surface area (Å²) in [5.74, 6) is -0.768. The van der Waals surface area contributed by atoms with Crippen LogP contribution in [0.1, 0.15) is 0 Å². The van der Waals surface area contributed by atoms with Crippen LogP contribution in [0.2, 0.25) is 0 Å². The highest BCUT2D eigenvalue weighted by Gasteiger charge is 2.29. The maximum Gasteiger partial charge on any atom is 0.312 e. The second-order valence-electron chi connectivity index (χ2n) is 3.82. The van der Waals surface area contributed by atoms with Gasteiger partial charge in [0.25, 0.3) is 0 Å². The van der Waals surface area contributed by atoms with Crippen molar-refractivity contribution in [3.63, 3.8) is 0 Å². The largest absolute Gasteiger partial charge is 0.336 e. The summed E-state index contributed by atoms with van der Waals surface area (Å²) in [6.07, 6.45) is 0. The first-order chi connectivity index (χ1) is 6.52. The van der Waals surface area contributed by atoms with Crippen molar-refractivity contribution in [2.75, 3.05) is 47.3 Å². The summed E-state index contributed by atoms with van der Waals surface area (Å²) in [5, 5.41) is 0. The zero-order chi connectivity index (χ0) is 10.7. The monoisotopic (exact) mass is 199 g/mol. The Morgan fingerprint density at radius 3 is 2.43 bits per heavy atom. The van der Waals surface area contributed by atoms with Crippen molar-refractivity contribution in [3.8, 4) is 0 Å². The van der Waals surface area contributed by atoms with E-state index in [9.17, 15) is 9.59 Å². The number of hydrogen-bond acceptors (Lipinski definition) is 3. The zero-order valence-corrected chi connectivity index (χ0v) is 8.99. The van der Waals surface area contributed by atoms with Gasteiger partial charge in [0.05, 0.1) is 0 Å². The Hall–Kier alpha value is -1.10. The number of piperazine rings is 1. The summed E-state index contributed by atoms with van der Waals surface area (Å²) in [4.78, 5) is 27.8. The van der Waals surface area contributed by atoms with Gasteiger partial charge in [0.2, 0.25) is 0 Å². The second kappa shape index (κ2) is 4.41. The molecule has 0 bridgehead atoms. The van der Waals surface area contributed by atoms with E-state index in [1.165, 1.54) is 4.90 Å². The van der Waals surface area contributed by atoms with Gasteiger partial charge in [0, 0.05) is 33.2 Å². The Morgan fingerprint density at radius 2 is 1.86 bits per heavy atom. The van der Waals surface area contributed by atoms with E-state index in [0.717, 1.165) is 6.54 Å². The molecule has 0 atom stereocenters. The minimum absolute atomic E-state index is 0.374. The van der Waals surface area contributed by atoms with Gasteiger partial charge in [-0.1, -0.05) is 0 Å². The lowest BCUT2D eigenvalue weighted by Crippen LogP contribution is -2.53. The third-order valence-electron chi connectivity index (χ3n) is 2.34. The number of nitrogens with zero attached hydrogens (tertiary/aromatic N) is 3. The standard InChI is InChI=1S/C9H17N3O2/c1-10(2)4-6-12-7-5-11(3)8(13)9(12)14/h4-7H2,1-3H3. The fraction of sp³-hybridized carbons (Fsp3) is 0.778. The third kappa shape index (κ3) is 2.45. The number of carbonyl (C=O) groups is 2. The molecule has 1 rings (SSSR count). The predicted molar refractivity (Wildman–Crippen MR) is 52.8 cm³/mol. The summed E-state index contributed by atoms with van der Waals surface area (Å²) in [6.45, 7) is 2.71. The number of amides is 2. The average molecular weight is 199 g/mol. The van der Waals surface area contributed by atoms with Crippen molar-refractivity contribution in [1.29, 1.82) is 0 Å². The number of likely N-dealkylation sites (N-methyl/N-ethyl adjacent to an activating group) is 2. The quantitative estimate of drug-likeness (QED) is 0.539. The van der Waals surface area contributed by atoms with Crippen LogP contribution in [-0.2, 0) is 9.59 Å². The molecule has 5 heteroatoms. The van der Waals surface area contributed by atoms with E-state index in [1.54, 1.807) is 11.9 Å². The van der Waals surface area contributed by atoms with E-state index in [2.05, 4.69) is 0 Å². The molecule has 1 saturated heterocycles. The summed E-state index contributed by atoms with van der Waals surface area (Å²) in [5.41, 5.74) is 0. The predicted octanol–water partition coefficient (Wildman–Crippen LogP) is -1.15. The molecule has 0 aliphatic carbocycles. The van der Waals surface area contributed by atoms with Crippen LogP contribution in [-0.4, -0.2) is 73.8 Å². The molecular formula is C9H17N3O2. The van der Waals surface area contributed by atoms with Crippen molar-refractivity contribution < 1.29 is 9.59 Å². The molecule has 0 spiro atoms. The minimum atomic E-state index is -0.394. The van der Waals surface area contributed by atoms with Gasteiger partial charge in [-0.3, -0.25) is 9.59 Å². The van der Waals surface area contributed by atoms with E-state index >= 15 is 0 Å². The summed E-state index contributed by atoms with van der Waals surface area (Å²) in [6, 6.07) is 0. The third-order valence-corrected chi connectivity index (χ3v) is 2.34. The molecule has 1 aliphatic heterocycles. The Bertz CT molecular complexity index is 240. The normalized spacial score (nSPS) is 18.3. The van der Waals surface area contributed by atoms with Crippen molar-refractivity contribution >= 4 is 11.8 Å². The molecule has 1 aliphatic rings. The van der Waals surface area contributed by atoms with Crippen LogP contribution >= 0.6 is 0 Å². The molecule has 2 amide bonds. The first-order valence-electron chi connectivity index (χ1n) is 4.71. The highest BCUT2D eigenvalue weighted by molar-refractivity contribution is 6.35. The lowest BCUT2D eigenvalue weighted by Gasteiger charge is -2.32. The van der Waals surface area contributed by atoms with Gasteiger partial charge in [-0.25, -0.2) is 0 Å². The van der Waals surface area contributed by atoms with Crippen molar-refractivity contribution in [3.05, 3.63) is 0 Å².